The number of rotatable bonds is 14. The Balaban J connectivity index is 1.55. The number of amides is 5. The van der Waals surface area contributed by atoms with Gasteiger partial charge in [-0.25, -0.2) is 13.2 Å². The highest BCUT2D eigenvalue weighted by atomic mass is 32.2. The molecule has 0 aromatic heterocycles. The largest absolute Gasteiger partial charge is 0.347 e. The van der Waals surface area contributed by atoms with Crippen molar-refractivity contribution in [2.45, 2.75) is 160 Å². The van der Waals surface area contributed by atoms with Gasteiger partial charge < -0.3 is 26.2 Å². The van der Waals surface area contributed by atoms with Crippen LogP contribution in [0.2, 0.25) is 0 Å². The summed E-state index contributed by atoms with van der Waals surface area (Å²) in [6, 6.07) is -3.45. The maximum absolute atomic E-state index is 14.5. The van der Waals surface area contributed by atoms with Crippen LogP contribution in [-0.4, -0.2) is 90.1 Å². The summed E-state index contributed by atoms with van der Waals surface area (Å²) in [7, 11) is -3.29. The summed E-state index contributed by atoms with van der Waals surface area (Å²) in [5.74, 6) is -2.02. The third-order valence-electron chi connectivity index (χ3n) is 10.7. The molecule has 2 aliphatic carbocycles. The maximum Gasteiger partial charge on any atom is 0.315 e. The molecule has 2 saturated carbocycles. The molecule has 4 aliphatic rings. The molecule has 4 fully saturated rings. The van der Waals surface area contributed by atoms with Crippen LogP contribution in [-0.2, 0) is 29.0 Å². The van der Waals surface area contributed by atoms with Crippen LogP contribution in [0.1, 0.15) is 125 Å². The molecule has 0 bridgehead atoms. The summed E-state index contributed by atoms with van der Waals surface area (Å²) in [6.45, 7) is 11.9. The van der Waals surface area contributed by atoms with Gasteiger partial charge in [0.1, 0.15) is 12.1 Å². The molecule has 0 unspecified atom stereocenters. The number of nitrogens with zero attached hydrogens (tertiary/aromatic N) is 1. The quantitative estimate of drug-likeness (QED) is 0.202. The molecule has 12 nitrogen and oxygen atoms in total. The fraction of sp³-hybridized carbons (Fsp3) is 0.857. The number of carbonyl (C=O) groups is 5. The van der Waals surface area contributed by atoms with E-state index in [1.807, 2.05) is 27.7 Å². The number of hydrogen-bond donors (Lipinski definition) is 4. The van der Waals surface area contributed by atoms with Crippen LogP contribution < -0.4 is 21.3 Å². The van der Waals surface area contributed by atoms with E-state index >= 15 is 0 Å². The number of sulfone groups is 1. The Labute approximate surface area is 287 Å². The van der Waals surface area contributed by atoms with Crippen molar-refractivity contribution < 1.29 is 32.4 Å². The van der Waals surface area contributed by atoms with Crippen LogP contribution in [0.5, 0.6) is 0 Å². The van der Waals surface area contributed by atoms with Crippen molar-refractivity contribution >= 4 is 39.4 Å². The Hall–Kier alpha value is -2.70. The zero-order valence-electron chi connectivity index (χ0n) is 29.9. The molecule has 0 aromatic rings. The number of carbonyl (C=O) groups excluding carboxylic acids is 5. The minimum absolute atomic E-state index is 0.00694. The summed E-state index contributed by atoms with van der Waals surface area (Å²) in [5, 5.41) is 10.9. The van der Waals surface area contributed by atoms with E-state index in [1.165, 1.54) is 4.90 Å². The second-order valence-electron chi connectivity index (χ2n) is 16.2. The lowest BCUT2D eigenvalue weighted by molar-refractivity contribution is -0.144. The second kappa shape index (κ2) is 15.5. The highest BCUT2D eigenvalue weighted by Crippen LogP contribution is 2.41. The van der Waals surface area contributed by atoms with Gasteiger partial charge in [0.05, 0.1) is 22.6 Å². The van der Waals surface area contributed by atoms with Gasteiger partial charge in [0.15, 0.2) is 9.84 Å². The SMILES string of the molecule is CCCC[C@H](NC(=O)[C@@H]1[C@@H](CC(C)C)CCN1C(=O)[C@@H](NC(=O)NC1([C@@H]2CCS2(=O)=O)CCCCC1)C(C)(C)C)C(=O)C(=O)NC1CC1. The molecule has 5 atom stereocenters. The second-order valence-corrected chi connectivity index (χ2v) is 18.5. The zero-order valence-corrected chi connectivity index (χ0v) is 30.7. The van der Waals surface area contributed by atoms with Crippen LogP contribution in [0, 0.1) is 17.3 Å². The standard InChI is InChI=1S/C35H59N5O7S/c1-7-8-12-25(28(41)31(43)36-24-13-14-24)37-30(42)27-23(21-22(2)3)15-19-40(27)32(44)29(34(4,5)6)38-33(45)39-35(17-10-9-11-18-35)26-16-20-48(26,46)47/h22-27,29H,7-21H2,1-6H3,(H,36,43)(H,37,42)(H2,38,39,45)/t23-,25+,26+,27+,29-/m1/s1. The predicted molar refractivity (Wildman–Crippen MR) is 184 cm³/mol. The monoisotopic (exact) mass is 693 g/mol. The van der Waals surface area contributed by atoms with Gasteiger partial charge >= 0.3 is 6.03 Å². The number of unbranched alkanes of at least 4 members (excludes halogenated alkanes) is 1. The predicted octanol–water partition coefficient (Wildman–Crippen LogP) is 3.38. The summed E-state index contributed by atoms with van der Waals surface area (Å²) >= 11 is 0. The van der Waals surface area contributed by atoms with Crippen LogP contribution in [0.4, 0.5) is 4.79 Å². The normalized spacial score (nSPS) is 26.1. The van der Waals surface area contributed by atoms with E-state index in [9.17, 15) is 32.4 Å². The van der Waals surface area contributed by atoms with Gasteiger partial charge in [-0.1, -0.05) is 73.6 Å². The highest BCUT2D eigenvalue weighted by molar-refractivity contribution is 7.93. The van der Waals surface area contributed by atoms with E-state index in [2.05, 4.69) is 35.1 Å². The zero-order chi connectivity index (χ0) is 35.4. The highest BCUT2D eigenvalue weighted by Gasteiger charge is 2.53. The topological polar surface area (TPSA) is 171 Å². The van der Waals surface area contributed by atoms with Gasteiger partial charge in [-0.15, -0.1) is 0 Å². The van der Waals surface area contributed by atoms with Crippen molar-refractivity contribution in [3.63, 3.8) is 0 Å². The number of likely N-dealkylation sites (tertiary alicyclic amines) is 1. The van der Waals surface area contributed by atoms with Crippen molar-refractivity contribution in [3.05, 3.63) is 0 Å². The number of ketones is 1. The molecule has 5 amide bonds. The smallest absolute Gasteiger partial charge is 0.315 e. The first kappa shape index (κ1) is 38.1. The van der Waals surface area contributed by atoms with Crippen molar-refractivity contribution in [2.24, 2.45) is 17.3 Å². The van der Waals surface area contributed by atoms with Gasteiger partial charge in [-0.2, -0.15) is 0 Å². The molecule has 0 spiro atoms. The average molecular weight is 694 g/mol. The van der Waals surface area contributed by atoms with E-state index in [1.54, 1.807) is 0 Å². The van der Waals surface area contributed by atoms with Gasteiger partial charge in [0.25, 0.3) is 5.91 Å². The number of hydrogen-bond acceptors (Lipinski definition) is 7. The number of Topliss-reactive ketones (excluding diaryl/α,β-unsaturated/α-hetero) is 1. The van der Waals surface area contributed by atoms with Crippen LogP contribution in [0.25, 0.3) is 0 Å². The molecular weight excluding hydrogens is 634 g/mol. The minimum Gasteiger partial charge on any atom is -0.347 e. The van der Waals surface area contributed by atoms with E-state index < -0.39 is 73.7 Å². The molecule has 0 radical (unpaired) electrons. The molecule has 4 N–H and O–H groups in total. The Bertz CT molecular complexity index is 1320. The summed E-state index contributed by atoms with van der Waals surface area (Å²) in [4.78, 5) is 69.7. The van der Waals surface area contributed by atoms with E-state index in [4.69, 9.17) is 0 Å². The lowest BCUT2D eigenvalue weighted by Gasteiger charge is -2.47. The molecule has 0 aromatic carbocycles. The van der Waals surface area contributed by atoms with E-state index in [-0.39, 0.29) is 23.6 Å². The molecule has 272 valence electrons. The molecule has 2 heterocycles. The van der Waals surface area contributed by atoms with Crippen molar-refractivity contribution in [1.29, 1.82) is 0 Å². The fourth-order valence-corrected chi connectivity index (χ4v) is 9.69. The fourth-order valence-electron chi connectivity index (χ4n) is 7.85. The van der Waals surface area contributed by atoms with E-state index in [0.717, 1.165) is 38.5 Å². The Morgan fingerprint density at radius 1 is 0.938 bits per heavy atom. The van der Waals surface area contributed by atoms with Crippen molar-refractivity contribution in [1.82, 2.24) is 26.2 Å². The molecular formula is C35H59N5O7S. The maximum atomic E-state index is 14.5. The van der Waals surface area contributed by atoms with Crippen LogP contribution in [0.15, 0.2) is 0 Å². The third kappa shape index (κ3) is 9.09. The van der Waals surface area contributed by atoms with Crippen LogP contribution in [0.3, 0.4) is 0 Å². The van der Waals surface area contributed by atoms with Gasteiger partial charge in [-0.3, -0.25) is 19.2 Å². The summed E-state index contributed by atoms with van der Waals surface area (Å²) < 4.78 is 25.4. The Morgan fingerprint density at radius 3 is 2.12 bits per heavy atom. The molecule has 2 aliphatic heterocycles. The van der Waals surface area contributed by atoms with Crippen LogP contribution >= 0.6 is 0 Å². The lowest BCUT2D eigenvalue weighted by atomic mass is 9.78. The summed E-state index contributed by atoms with van der Waals surface area (Å²) in [6.07, 6.45) is 8.95. The Kier molecular flexibility index (Phi) is 12.3. The van der Waals surface area contributed by atoms with Gasteiger partial charge in [-0.05, 0) is 68.6 Å². The number of nitrogens with one attached hydrogen (secondary N) is 4. The number of urea groups is 1. The van der Waals surface area contributed by atoms with Gasteiger partial charge in [0, 0.05) is 12.6 Å². The first-order valence-electron chi connectivity index (χ1n) is 18.2. The van der Waals surface area contributed by atoms with E-state index in [0.29, 0.717) is 51.5 Å². The van der Waals surface area contributed by atoms with Crippen molar-refractivity contribution in [2.75, 3.05) is 12.3 Å². The van der Waals surface area contributed by atoms with Gasteiger partial charge in [0.2, 0.25) is 17.6 Å². The first-order chi connectivity index (χ1) is 22.5. The molecule has 13 heteroatoms. The molecule has 4 rings (SSSR count). The van der Waals surface area contributed by atoms with Crippen molar-refractivity contribution in [3.8, 4) is 0 Å². The third-order valence-corrected chi connectivity index (χ3v) is 13.0. The minimum atomic E-state index is -3.29. The summed E-state index contributed by atoms with van der Waals surface area (Å²) in [5.41, 5.74) is -1.61. The molecule has 48 heavy (non-hydrogen) atoms. The molecule has 2 saturated heterocycles. The Morgan fingerprint density at radius 2 is 1.60 bits per heavy atom. The average Bonchev–Trinajstić information content (AvgIpc) is 3.72. The first-order valence-corrected chi connectivity index (χ1v) is 20.0. The lowest BCUT2D eigenvalue weighted by Crippen LogP contribution is -2.67.